The van der Waals surface area contributed by atoms with E-state index in [4.69, 9.17) is 4.18 Å². The molecule has 0 saturated heterocycles. The van der Waals surface area contributed by atoms with Gasteiger partial charge in [-0.3, -0.25) is 4.79 Å². The van der Waals surface area contributed by atoms with E-state index in [0.717, 1.165) is 24.7 Å². The minimum Gasteiger partial charge on any atom is -0.383 e. The van der Waals surface area contributed by atoms with E-state index >= 15 is 0 Å². The average molecular weight is 283 g/mol. The van der Waals surface area contributed by atoms with Crippen molar-refractivity contribution in [2.45, 2.75) is 32.4 Å². The summed E-state index contributed by atoms with van der Waals surface area (Å²) in [5, 5.41) is 0. The van der Waals surface area contributed by atoms with E-state index in [9.17, 15) is 13.2 Å². The van der Waals surface area contributed by atoms with Crippen LogP contribution in [0.4, 0.5) is 0 Å². The van der Waals surface area contributed by atoms with Crippen LogP contribution >= 0.6 is 0 Å². The van der Waals surface area contributed by atoms with Gasteiger partial charge in [-0.15, -0.1) is 0 Å². The van der Waals surface area contributed by atoms with E-state index in [-0.39, 0.29) is 11.7 Å². The summed E-state index contributed by atoms with van der Waals surface area (Å²) < 4.78 is 27.0. The van der Waals surface area contributed by atoms with Crippen molar-refractivity contribution in [1.29, 1.82) is 0 Å². The molecule has 1 aliphatic rings. The molecule has 6 heteroatoms. The fourth-order valence-electron chi connectivity index (χ4n) is 1.95. The van der Waals surface area contributed by atoms with E-state index in [1.807, 2.05) is 6.07 Å². The molecule has 1 saturated carbocycles. The molecule has 1 fully saturated rings. The van der Waals surface area contributed by atoms with Crippen molar-refractivity contribution < 1.29 is 17.4 Å². The number of rotatable bonds is 5. The van der Waals surface area contributed by atoms with Crippen molar-refractivity contribution in [2.24, 2.45) is 0 Å². The monoisotopic (exact) mass is 283 g/mol. The van der Waals surface area contributed by atoms with Crippen LogP contribution < -0.4 is 4.18 Å². The van der Waals surface area contributed by atoms with Crippen molar-refractivity contribution >= 4 is 16.0 Å². The predicted molar refractivity (Wildman–Crippen MR) is 71.2 cm³/mol. The molecule has 19 heavy (non-hydrogen) atoms. The molecule has 1 aromatic rings. The van der Waals surface area contributed by atoms with Crippen LogP contribution in [0.1, 0.15) is 25.3 Å². The van der Waals surface area contributed by atoms with Crippen LogP contribution in [0.15, 0.2) is 24.3 Å². The molecule has 0 atom stereocenters. The fraction of sp³-hybridized carbons (Fsp3) is 0.462. The van der Waals surface area contributed by atoms with Crippen LogP contribution in [0.5, 0.6) is 5.75 Å². The van der Waals surface area contributed by atoms with Crippen LogP contribution in [0.25, 0.3) is 0 Å². The lowest BCUT2D eigenvalue weighted by molar-refractivity contribution is -0.130. The number of hydrogen-bond donors (Lipinski definition) is 0. The Kier molecular flexibility index (Phi) is 3.80. The summed E-state index contributed by atoms with van der Waals surface area (Å²) in [6.07, 6.45) is 3.09. The molecule has 1 aliphatic carbocycles. The lowest BCUT2D eigenvalue weighted by Gasteiger charge is -2.20. The Morgan fingerprint density at radius 1 is 1.42 bits per heavy atom. The number of carbonyl (C=O) groups is 1. The second-order valence-corrected chi connectivity index (χ2v) is 6.39. The third-order valence-corrected chi connectivity index (χ3v) is 3.39. The third-order valence-electron chi connectivity index (χ3n) is 2.89. The molecule has 2 rings (SSSR count). The van der Waals surface area contributed by atoms with Gasteiger partial charge in [-0.2, -0.15) is 8.42 Å². The van der Waals surface area contributed by atoms with Crippen LogP contribution in [-0.2, 0) is 21.5 Å². The summed E-state index contributed by atoms with van der Waals surface area (Å²) >= 11 is 0. The largest absolute Gasteiger partial charge is 0.383 e. The number of carbonyl (C=O) groups excluding carboxylic acids is 1. The van der Waals surface area contributed by atoms with Gasteiger partial charge in [0.25, 0.3) is 0 Å². The lowest BCUT2D eigenvalue weighted by Crippen LogP contribution is -2.30. The van der Waals surface area contributed by atoms with Gasteiger partial charge in [0.05, 0.1) is 6.26 Å². The third kappa shape index (κ3) is 4.24. The van der Waals surface area contributed by atoms with Crippen molar-refractivity contribution in [3.8, 4) is 5.75 Å². The first-order valence-corrected chi connectivity index (χ1v) is 7.92. The molecular formula is C13H17NO4S. The molecule has 0 bridgehead atoms. The predicted octanol–water partition coefficient (Wildman–Crippen LogP) is 1.54. The molecule has 0 aliphatic heterocycles. The Labute approximate surface area is 113 Å². The molecule has 104 valence electrons. The van der Waals surface area contributed by atoms with Crippen LogP contribution in [-0.4, -0.2) is 31.5 Å². The maximum atomic E-state index is 11.5. The quantitative estimate of drug-likeness (QED) is 0.769. The van der Waals surface area contributed by atoms with Crippen molar-refractivity contribution in [2.75, 3.05) is 6.26 Å². The Morgan fingerprint density at radius 3 is 2.63 bits per heavy atom. The fourth-order valence-corrected chi connectivity index (χ4v) is 2.40. The van der Waals surface area contributed by atoms with Gasteiger partial charge >= 0.3 is 10.1 Å². The van der Waals surface area contributed by atoms with Crippen LogP contribution in [0, 0.1) is 0 Å². The molecule has 0 spiro atoms. The molecule has 0 radical (unpaired) electrons. The number of nitrogens with zero attached hydrogens (tertiary/aromatic N) is 1. The van der Waals surface area contributed by atoms with Gasteiger partial charge in [0.15, 0.2) is 0 Å². The van der Waals surface area contributed by atoms with E-state index in [2.05, 4.69) is 0 Å². The Balaban J connectivity index is 2.12. The molecule has 0 unspecified atom stereocenters. The first-order valence-electron chi connectivity index (χ1n) is 6.11. The molecular weight excluding hydrogens is 266 g/mol. The van der Waals surface area contributed by atoms with Gasteiger partial charge < -0.3 is 9.08 Å². The van der Waals surface area contributed by atoms with Gasteiger partial charge in [-0.05, 0) is 30.5 Å². The summed E-state index contributed by atoms with van der Waals surface area (Å²) in [4.78, 5) is 13.3. The minimum absolute atomic E-state index is 0.0388. The summed E-state index contributed by atoms with van der Waals surface area (Å²) in [5.74, 6) is 0.316. The summed E-state index contributed by atoms with van der Waals surface area (Å²) in [6, 6.07) is 7.14. The van der Waals surface area contributed by atoms with Crippen LogP contribution in [0.2, 0.25) is 0 Å². The normalized spacial score (nSPS) is 15.1. The van der Waals surface area contributed by atoms with E-state index < -0.39 is 10.1 Å². The SMILES string of the molecule is CC(=O)N(Cc1cccc(OS(C)(=O)=O)c1)C1CC1. The standard InChI is InChI=1S/C13H17NO4S/c1-10(15)14(12-6-7-12)9-11-4-3-5-13(8-11)18-19(2,16)17/h3-5,8,12H,6-7,9H2,1-2H3. The second kappa shape index (κ2) is 5.21. The molecule has 5 nitrogen and oxygen atoms in total. The van der Waals surface area contributed by atoms with Gasteiger partial charge in [-0.1, -0.05) is 12.1 Å². The highest BCUT2D eigenvalue weighted by atomic mass is 32.2. The molecule has 0 aromatic heterocycles. The van der Waals surface area contributed by atoms with E-state index in [1.165, 1.54) is 0 Å². The number of benzene rings is 1. The van der Waals surface area contributed by atoms with Gasteiger partial charge in [0.1, 0.15) is 5.75 Å². The lowest BCUT2D eigenvalue weighted by atomic mass is 10.2. The topological polar surface area (TPSA) is 63.7 Å². The van der Waals surface area contributed by atoms with Crippen molar-refractivity contribution in [3.63, 3.8) is 0 Å². The summed E-state index contributed by atoms with van der Waals surface area (Å²) in [7, 11) is -3.52. The number of amides is 1. The maximum absolute atomic E-state index is 11.5. The summed E-state index contributed by atoms with van der Waals surface area (Å²) in [6.45, 7) is 2.04. The average Bonchev–Trinajstić information content (AvgIpc) is 3.07. The van der Waals surface area contributed by atoms with E-state index in [1.54, 1.807) is 30.0 Å². The van der Waals surface area contributed by atoms with Gasteiger partial charge in [0.2, 0.25) is 5.91 Å². The Bertz CT molecular complexity index is 578. The van der Waals surface area contributed by atoms with Crippen molar-refractivity contribution in [1.82, 2.24) is 4.90 Å². The molecule has 0 N–H and O–H groups in total. The molecule has 1 amide bonds. The smallest absolute Gasteiger partial charge is 0.306 e. The first kappa shape index (κ1) is 13.9. The minimum atomic E-state index is -3.52. The Hall–Kier alpha value is -1.56. The highest BCUT2D eigenvalue weighted by Gasteiger charge is 2.30. The zero-order valence-corrected chi connectivity index (χ0v) is 11.8. The first-order chi connectivity index (χ1) is 8.85. The van der Waals surface area contributed by atoms with Gasteiger partial charge in [-0.25, -0.2) is 0 Å². The number of hydrogen-bond acceptors (Lipinski definition) is 4. The maximum Gasteiger partial charge on any atom is 0.306 e. The Morgan fingerprint density at radius 2 is 2.11 bits per heavy atom. The second-order valence-electron chi connectivity index (χ2n) is 4.81. The van der Waals surface area contributed by atoms with Crippen LogP contribution in [0.3, 0.4) is 0 Å². The van der Waals surface area contributed by atoms with Gasteiger partial charge in [0, 0.05) is 19.5 Å². The zero-order chi connectivity index (χ0) is 14.0. The molecule has 1 aromatic carbocycles. The van der Waals surface area contributed by atoms with E-state index in [0.29, 0.717) is 12.6 Å². The highest BCUT2D eigenvalue weighted by molar-refractivity contribution is 7.86. The highest BCUT2D eigenvalue weighted by Crippen LogP contribution is 2.29. The zero-order valence-electron chi connectivity index (χ0n) is 11.0. The van der Waals surface area contributed by atoms with Crippen molar-refractivity contribution in [3.05, 3.63) is 29.8 Å². The summed E-state index contributed by atoms with van der Waals surface area (Å²) in [5.41, 5.74) is 0.864. The molecule has 0 heterocycles.